The van der Waals surface area contributed by atoms with Gasteiger partial charge in [-0.15, -0.1) is 0 Å². The first kappa shape index (κ1) is 32.7. The average molecular weight is 473 g/mol. The average Bonchev–Trinajstić information content (AvgIpc) is 2.80. The summed E-state index contributed by atoms with van der Waals surface area (Å²) in [4.78, 5) is 23.4. The quantitative estimate of drug-likeness (QED) is 0.117. The van der Waals surface area contributed by atoms with E-state index in [1.807, 2.05) is 0 Å². The van der Waals surface area contributed by atoms with Crippen LogP contribution in [-0.2, 0) is 14.3 Å². The molecule has 33 heavy (non-hydrogen) atoms. The van der Waals surface area contributed by atoms with Gasteiger partial charge in [0.1, 0.15) is 0 Å². The molecule has 186 valence electrons. The van der Waals surface area contributed by atoms with Crippen LogP contribution < -0.4 is 34.7 Å². The fourth-order valence-electron chi connectivity index (χ4n) is 4.69. The third-order valence-electron chi connectivity index (χ3n) is 6.77. The first-order chi connectivity index (χ1) is 15.7. The molecule has 0 aliphatic heterocycles. The minimum Gasteiger partial charge on any atom is -0.550 e. The number of allylic oxidation sites excluding steroid dienone is 2. The van der Waals surface area contributed by atoms with Crippen molar-refractivity contribution in [2.45, 2.75) is 135 Å². The van der Waals surface area contributed by atoms with Gasteiger partial charge in [-0.3, -0.25) is 4.79 Å². The number of rotatable bonds is 20. The molecule has 1 rings (SSSR count). The van der Waals surface area contributed by atoms with Gasteiger partial charge in [-0.1, -0.05) is 109 Å². The first-order valence-electron chi connectivity index (χ1n) is 13.7. The van der Waals surface area contributed by atoms with E-state index < -0.39 is 17.8 Å². The normalized spacial score (nSPS) is 18.2. The molecule has 0 bridgehead atoms. The Morgan fingerprint density at radius 1 is 0.727 bits per heavy atom. The zero-order valence-corrected chi connectivity index (χ0v) is 23.8. The number of carbonyl (C=O) groups excluding carboxylic acids is 2. The summed E-state index contributed by atoms with van der Waals surface area (Å²) in [7, 11) is 0. The van der Waals surface area contributed by atoms with Crippen molar-refractivity contribution >= 4 is 11.9 Å². The Morgan fingerprint density at radius 2 is 1.18 bits per heavy atom. The van der Waals surface area contributed by atoms with Gasteiger partial charge in [0, 0.05) is 11.9 Å². The minimum absolute atomic E-state index is 0. The fraction of sp³-hybridized carbons (Fsp3) is 0.857. The van der Waals surface area contributed by atoms with Crippen LogP contribution in [0.15, 0.2) is 12.2 Å². The summed E-state index contributed by atoms with van der Waals surface area (Å²) in [6.45, 7) is 2.65. The molecule has 2 atom stereocenters. The molecule has 1 saturated carbocycles. The number of carboxylic acids is 1. The van der Waals surface area contributed by atoms with E-state index >= 15 is 0 Å². The molecule has 0 aromatic heterocycles. The summed E-state index contributed by atoms with van der Waals surface area (Å²) in [6, 6.07) is 0. The molecular weight excluding hydrogens is 423 g/mol. The van der Waals surface area contributed by atoms with Gasteiger partial charge in [0.25, 0.3) is 0 Å². The molecular formula is C28H49NaO4. The van der Waals surface area contributed by atoms with E-state index in [9.17, 15) is 14.7 Å². The van der Waals surface area contributed by atoms with Gasteiger partial charge in [-0.25, -0.2) is 0 Å². The Morgan fingerprint density at radius 3 is 1.70 bits per heavy atom. The second-order valence-corrected chi connectivity index (χ2v) is 9.63. The molecule has 1 fully saturated rings. The van der Waals surface area contributed by atoms with Crippen LogP contribution in [0.1, 0.15) is 135 Å². The van der Waals surface area contributed by atoms with Gasteiger partial charge in [0.05, 0.1) is 12.5 Å². The number of unbranched alkanes of at least 4 members (excludes halogenated alkanes) is 14. The zero-order chi connectivity index (χ0) is 23.3. The van der Waals surface area contributed by atoms with Gasteiger partial charge in [-0.05, 0) is 38.5 Å². The van der Waals surface area contributed by atoms with Crippen molar-refractivity contribution in [3.63, 3.8) is 0 Å². The van der Waals surface area contributed by atoms with E-state index in [1.54, 1.807) is 0 Å². The Bertz CT molecular complexity index is 506. The Hall–Kier alpha value is -0.320. The smallest absolute Gasteiger partial charge is 0.550 e. The van der Waals surface area contributed by atoms with Gasteiger partial charge in [0.15, 0.2) is 0 Å². The van der Waals surface area contributed by atoms with E-state index in [0.717, 1.165) is 32.1 Å². The van der Waals surface area contributed by atoms with Crippen molar-refractivity contribution in [2.75, 3.05) is 6.61 Å². The van der Waals surface area contributed by atoms with E-state index in [0.29, 0.717) is 19.4 Å². The second-order valence-electron chi connectivity index (χ2n) is 9.63. The van der Waals surface area contributed by atoms with Gasteiger partial charge < -0.3 is 14.6 Å². The number of ether oxygens (including phenoxy) is 1. The van der Waals surface area contributed by atoms with Crippen LogP contribution in [0, 0.1) is 11.8 Å². The van der Waals surface area contributed by atoms with Crippen molar-refractivity contribution in [3.8, 4) is 0 Å². The molecule has 0 N–H and O–H groups in total. The van der Waals surface area contributed by atoms with Crippen LogP contribution in [-0.4, -0.2) is 18.5 Å². The summed E-state index contributed by atoms with van der Waals surface area (Å²) in [6.07, 6.45) is 28.1. The number of esters is 1. The standard InChI is InChI=1S/C28H50O4.Na/c1-2-3-4-5-6-7-8-9-10-11-12-13-14-15-16-17-18-21-24-32-28(31)26-23-20-19-22-25(26)27(29)30;/h16-17,25-26H,2-15,18-24H2,1H3,(H,29,30);/q;+1/p-1/b17-16+;. The van der Waals surface area contributed by atoms with Gasteiger partial charge in [-0.2, -0.15) is 0 Å². The van der Waals surface area contributed by atoms with Gasteiger partial charge in [0.2, 0.25) is 0 Å². The summed E-state index contributed by atoms with van der Waals surface area (Å²) >= 11 is 0. The third kappa shape index (κ3) is 17.7. The van der Waals surface area contributed by atoms with Crippen LogP contribution in [0.25, 0.3) is 0 Å². The fourth-order valence-corrected chi connectivity index (χ4v) is 4.69. The zero-order valence-electron chi connectivity index (χ0n) is 21.8. The van der Waals surface area contributed by atoms with Crippen molar-refractivity contribution in [1.29, 1.82) is 0 Å². The summed E-state index contributed by atoms with van der Waals surface area (Å²) in [5.74, 6) is -2.64. The van der Waals surface area contributed by atoms with Crippen LogP contribution in [0.3, 0.4) is 0 Å². The number of hydrogen-bond donors (Lipinski definition) is 0. The maximum Gasteiger partial charge on any atom is 1.00 e. The topological polar surface area (TPSA) is 66.4 Å². The third-order valence-corrected chi connectivity index (χ3v) is 6.77. The van der Waals surface area contributed by atoms with E-state index in [-0.39, 0.29) is 35.5 Å². The predicted octanol–water partition coefficient (Wildman–Crippen LogP) is 3.91. The largest absolute Gasteiger partial charge is 1.00 e. The molecule has 0 aromatic carbocycles. The van der Waals surface area contributed by atoms with Crippen LogP contribution >= 0.6 is 0 Å². The Labute approximate surface area is 226 Å². The molecule has 0 radical (unpaired) electrons. The SMILES string of the molecule is CCCCCCCCCCCCCCC/C=C/CCCOC(=O)C1CCCCC1C(=O)[O-].[Na+]. The van der Waals surface area contributed by atoms with Crippen molar-refractivity contribution < 1.29 is 49.0 Å². The second kappa shape index (κ2) is 23.4. The molecule has 0 saturated heterocycles. The molecule has 0 aromatic rings. The van der Waals surface area contributed by atoms with E-state index in [1.165, 1.54) is 83.5 Å². The molecule has 5 heteroatoms. The number of aliphatic carboxylic acids is 1. The minimum atomic E-state index is -1.11. The van der Waals surface area contributed by atoms with Gasteiger partial charge >= 0.3 is 35.5 Å². The number of carbonyl (C=O) groups is 2. The number of carboxylic acid groups (broad SMARTS) is 1. The van der Waals surface area contributed by atoms with Crippen molar-refractivity contribution in [3.05, 3.63) is 12.2 Å². The monoisotopic (exact) mass is 472 g/mol. The van der Waals surface area contributed by atoms with Crippen molar-refractivity contribution in [1.82, 2.24) is 0 Å². The number of hydrogen-bond acceptors (Lipinski definition) is 4. The van der Waals surface area contributed by atoms with E-state index in [4.69, 9.17) is 4.74 Å². The summed E-state index contributed by atoms with van der Waals surface area (Å²) < 4.78 is 5.33. The van der Waals surface area contributed by atoms with Crippen LogP contribution in [0.5, 0.6) is 0 Å². The van der Waals surface area contributed by atoms with Crippen molar-refractivity contribution in [2.24, 2.45) is 11.8 Å². The first-order valence-corrected chi connectivity index (χ1v) is 13.7. The molecule has 4 nitrogen and oxygen atoms in total. The van der Waals surface area contributed by atoms with Crippen LogP contribution in [0.4, 0.5) is 0 Å². The predicted molar refractivity (Wildman–Crippen MR) is 130 cm³/mol. The maximum atomic E-state index is 12.2. The summed E-state index contributed by atoms with van der Waals surface area (Å²) in [5, 5.41) is 11.2. The molecule has 0 spiro atoms. The molecule has 1 aliphatic rings. The van der Waals surface area contributed by atoms with Crippen LogP contribution in [0.2, 0.25) is 0 Å². The molecule has 0 heterocycles. The molecule has 1 aliphatic carbocycles. The Balaban J connectivity index is 0.0000102. The molecule has 2 unspecified atom stereocenters. The maximum absolute atomic E-state index is 12.2. The summed E-state index contributed by atoms with van der Waals surface area (Å²) in [5.41, 5.74) is 0. The molecule has 0 amide bonds. The van der Waals surface area contributed by atoms with E-state index in [2.05, 4.69) is 19.1 Å². The Kier molecular flexibility index (Phi) is 23.2.